The van der Waals surface area contributed by atoms with Crippen molar-refractivity contribution in [1.29, 1.82) is 0 Å². The smallest absolute Gasteiger partial charge is 0.242 e. The molecule has 3 atom stereocenters. The van der Waals surface area contributed by atoms with Gasteiger partial charge in [0.1, 0.15) is 16.0 Å². The molecule has 2 saturated heterocycles. The van der Waals surface area contributed by atoms with Gasteiger partial charge in [-0.2, -0.15) is 5.21 Å². The largest absolute Gasteiger partial charge is 0.368 e. The normalized spacial score (nSPS) is 24.7. The molecule has 2 fully saturated rings. The van der Waals surface area contributed by atoms with Crippen LogP contribution in [0, 0.1) is 0 Å². The molecule has 176 valence electrons. The number of tetrazole rings is 1. The van der Waals surface area contributed by atoms with Crippen molar-refractivity contribution in [3.63, 3.8) is 0 Å². The minimum atomic E-state index is -4.59. The van der Waals surface area contributed by atoms with Gasteiger partial charge in [-0.1, -0.05) is 0 Å². The first-order valence-corrected chi connectivity index (χ1v) is 12.9. The number of nitrogens with zero attached hydrogens (tertiary/aromatic N) is 4. The van der Waals surface area contributed by atoms with Gasteiger partial charge < -0.3 is 16.0 Å². The third kappa shape index (κ3) is 4.46. The monoisotopic (exact) mass is 489 g/mol. The fourth-order valence-corrected chi connectivity index (χ4v) is 6.84. The second-order valence-corrected chi connectivity index (χ2v) is 11.0. The molecule has 2 aromatic rings. The van der Waals surface area contributed by atoms with Gasteiger partial charge in [-0.05, 0) is 36.7 Å². The van der Waals surface area contributed by atoms with Gasteiger partial charge in [0.2, 0.25) is 25.9 Å². The van der Waals surface area contributed by atoms with Crippen molar-refractivity contribution in [3.8, 4) is 11.4 Å². The van der Waals surface area contributed by atoms with Crippen LogP contribution in [0.15, 0.2) is 21.9 Å². The Kier molecular flexibility index (Phi) is 6.17. The van der Waals surface area contributed by atoms with Crippen LogP contribution in [0.2, 0.25) is 0 Å². The molecule has 0 spiro atoms. The van der Waals surface area contributed by atoms with Gasteiger partial charge in [0.15, 0.2) is 0 Å². The Hall–Kier alpha value is -2.24. The third-order valence-corrected chi connectivity index (χ3v) is 8.24. The molecular formula is C16H24FN9O4S2. The standard InChI is InChI=1S/C16H24FN9O4S2/c17-10-8-26(6-4-11(10)18)12-1-2-13(32(29,30)23-9-3-5-20-7-9)15(31(19,27)28)14(12)16-21-24-25-22-16/h1-2,9-11,20,23H,3-8,18H2,(H2,19,27,28)(H,21,22,24,25). The third-order valence-electron chi connectivity index (χ3n) is 5.56. The first-order valence-electron chi connectivity index (χ1n) is 9.89. The van der Waals surface area contributed by atoms with Crippen LogP contribution >= 0.6 is 0 Å². The van der Waals surface area contributed by atoms with Crippen LogP contribution in [0.5, 0.6) is 0 Å². The van der Waals surface area contributed by atoms with Gasteiger partial charge in [0.25, 0.3) is 0 Å². The quantitative estimate of drug-likeness (QED) is 0.303. The van der Waals surface area contributed by atoms with Crippen molar-refractivity contribution in [1.82, 2.24) is 30.7 Å². The molecule has 0 saturated carbocycles. The summed E-state index contributed by atoms with van der Waals surface area (Å²) in [5.41, 5.74) is 5.80. The number of rotatable bonds is 6. The van der Waals surface area contributed by atoms with E-state index >= 15 is 0 Å². The first-order chi connectivity index (χ1) is 15.1. The highest BCUT2D eigenvalue weighted by Gasteiger charge is 2.36. The maximum atomic E-state index is 14.3. The van der Waals surface area contributed by atoms with Crippen molar-refractivity contribution in [2.24, 2.45) is 10.9 Å². The molecule has 2 aliphatic heterocycles. The topological polar surface area (TPSA) is 202 Å². The summed E-state index contributed by atoms with van der Waals surface area (Å²) in [6.45, 7) is 1.23. The lowest BCUT2D eigenvalue weighted by molar-refractivity contribution is 0.251. The van der Waals surface area contributed by atoms with Gasteiger partial charge in [-0.3, -0.25) is 0 Å². The van der Waals surface area contributed by atoms with Crippen molar-refractivity contribution < 1.29 is 21.2 Å². The second-order valence-electron chi connectivity index (χ2n) is 7.79. The minimum absolute atomic E-state index is 0.117. The summed E-state index contributed by atoms with van der Waals surface area (Å²) in [7, 11) is -8.88. The van der Waals surface area contributed by atoms with Crippen molar-refractivity contribution in [2.75, 3.05) is 31.1 Å². The zero-order valence-electron chi connectivity index (χ0n) is 16.9. The fraction of sp³-hybridized carbons (Fsp3) is 0.562. The number of piperidine rings is 1. The molecule has 1 aromatic carbocycles. The molecule has 3 heterocycles. The predicted molar refractivity (Wildman–Crippen MR) is 112 cm³/mol. The summed E-state index contributed by atoms with van der Waals surface area (Å²) in [5, 5.41) is 21.9. The van der Waals surface area contributed by atoms with E-state index in [2.05, 4.69) is 30.7 Å². The Bertz CT molecular complexity index is 1180. The van der Waals surface area contributed by atoms with Crippen LogP contribution in [-0.4, -0.2) is 81.9 Å². The Morgan fingerprint density at radius 3 is 2.59 bits per heavy atom. The Morgan fingerprint density at radius 2 is 2.00 bits per heavy atom. The lowest BCUT2D eigenvalue weighted by Crippen LogP contribution is -2.48. The number of benzene rings is 1. The molecule has 1 aromatic heterocycles. The van der Waals surface area contributed by atoms with Crippen LogP contribution < -0.4 is 25.8 Å². The predicted octanol–water partition coefficient (Wildman–Crippen LogP) is -1.97. The van der Waals surface area contributed by atoms with Gasteiger partial charge in [-0.25, -0.2) is 31.1 Å². The average molecular weight is 490 g/mol. The van der Waals surface area contributed by atoms with E-state index in [9.17, 15) is 21.2 Å². The molecule has 32 heavy (non-hydrogen) atoms. The molecule has 2 aliphatic rings. The number of nitrogens with one attached hydrogen (secondary N) is 3. The number of anilines is 1. The number of halogens is 1. The molecule has 0 bridgehead atoms. The summed E-state index contributed by atoms with van der Waals surface area (Å²) < 4.78 is 68.5. The molecule has 0 radical (unpaired) electrons. The molecule has 0 aliphatic carbocycles. The number of H-pyrrole nitrogens is 1. The maximum absolute atomic E-state index is 14.3. The number of nitrogens with two attached hydrogens (primary N) is 2. The fourth-order valence-electron chi connectivity index (χ4n) is 3.97. The van der Waals surface area contributed by atoms with E-state index in [4.69, 9.17) is 10.9 Å². The van der Waals surface area contributed by atoms with E-state index in [0.29, 0.717) is 32.5 Å². The SMILES string of the molecule is NC1CCN(c2ccc(S(=O)(=O)NC3CCNC3)c(S(N)(=O)=O)c2-c2nn[nH]n2)CC1F. The maximum Gasteiger partial charge on any atom is 0.242 e. The van der Waals surface area contributed by atoms with E-state index in [1.54, 1.807) is 4.90 Å². The van der Waals surface area contributed by atoms with Gasteiger partial charge in [0.05, 0.1) is 12.1 Å². The highest BCUT2D eigenvalue weighted by atomic mass is 32.2. The summed E-state index contributed by atoms with van der Waals surface area (Å²) in [6, 6.07) is 1.48. The number of primary sulfonamides is 1. The van der Waals surface area contributed by atoms with Gasteiger partial charge in [0, 0.05) is 30.9 Å². The first kappa shape index (κ1) is 22.9. The van der Waals surface area contributed by atoms with E-state index in [1.165, 1.54) is 6.07 Å². The van der Waals surface area contributed by atoms with Crippen LogP contribution in [-0.2, 0) is 20.0 Å². The number of hydrogen-bond donors (Lipinski definition) is 5. The lowest BCUT2D eigenvalue weighted by Gasteiger charge is -2.35. The van der Waals surface area contributed by atoms with Crippen LogP contribution in [0.4, 0.5) is 10.1 Å². The molecule has 3 unspecified atom stereocenters. The van der Waals surface area contributed by atoms with Gasteiger partial charge >= 0.3 is 0 Å². The van der Waals surface area contributed by atoms with Crippen molar-refractivity contribution in [2.45, 2.75) is 40.9 Å². The Labute approximate surface area is 184 Å². The van der Waals surface area contributed by atoms with Crippen LogP contribution in [0.3, 0.4) is 0 Å². The lowest BCUT2D eigenvalue weighted by atomic mass is 10.0. The number of aromatic amines is 1. The zero-order valence-corrected chi connectivity index (χ0v) is 18.5. The van der Waals surface area contributed by atoms with E-state index < -0.39 is 48.1 Å². The highest BCUT2D eigenvalue weighted by molar-refractivity contribution is 7.92. The van der Waals surface area contributed by atoms with Crippen LogP contribution in [0.25, 0.3) is 11.4 Å². The molecule has 0 amide bonds. The zero-order chi connectivity index (χ0) is 23.1. The Morgan fingerprint density at radius 1 is 1.22 bits per heavy atom. The summed E-state index contributed by atoms with van der Waals surface area (Å²) in [5.74, 6) is -0.186. The molecular weight excluding hydrogens is 465 g/mol. The molecule has 7 N–H and O–H groups in total. The number of alkyl halides is 1. The van der Waals surface area contributed by atoms with E-state index in [1.807, 2.05) is 0 Å². The summed E-state index contributed by atoms with van der Waals surface area (Å²) >= 11 is 0. The van der Waals surface area contributed by atoms with Crippen molar-refractivity contribution in [3.05, 3.63) is 12.1 Å². The van der Waals surface area contributed by atoms with Crippen LogP contribution in [0.1, 0.15) is 12.8 Å². The molecule has 4 rings (SSSR count). The summed E-state index contributed by atoms with van der Waals surface area (Å²) in [4.78, 5) is 0.347. The average Bonchev–Trinajstić information content (AvgIpc) is 3.42. The summed E-state index contributed by atoms with van der Waals surface area (Å²) in [6.07, 6.45) is -0.501. The van der Waals surface area contributed by atoms with E-state index in [0.717, 1.165) is 6.07 Å². The highest BCUT2D eigenvalue weighted by Crippen LogP contribution is 2.39. The second kappa shape index (κ2) is 8.60. The number of aromatic nitrogens is 4. The molecule has 16 heteroatoms. The van der Waals surface area contributed by atoms with E-state index in [-0.39, 0.29) is 23.6 Å². The number of sulfonamides is 2. The molecule has 13 nitrogen and oxygen atoms in total. The minimum Gasteiger partial charge on any atom is -0.368 e. The number of hydrogen-bond acceptors (Lipinski definition) is 10. The Balaban J connectivity index is 1.91. The van der Waals surface area contributed by atoms with Gasteiger partial charge in [-0.15, -0.1) is 10.2 Å². The van der Waals surface area contributed by atoms with Crippen molar-refractivity contribution >= 4 is 25.7 Å².